The maximum atomic E-state index is 14.3. The van der Waals surface area contributed by atoms with Crippen molar-refractivity contribution in [2.45, 2.75) is 55.8 Å². The summed E-state index contributed by atoms with van der Waals surface area (Å²) in [6.45, 7) is 3.19. The number of carbonyl (C=O) groups is 3. The topological polar surface area (TPSA) is 141 Å². The average molecular weight is 576 g/mol. The number of amides is 2. The molecule has 2 unspecified atom stereocenters. The number of para-hydroxylation sites is 2. The smallest absolute Gasteiger partial charge is 0.266 e. The first-order chi connectivity index (χ1) is 19.6. The van der Waals surface area contributed by atoms with E-state index in [1.807, 2.05) is 13.0 Å². The molecule has 0 aliphatic heterocycles. The first-order valence-corrected chi connectivity index (χ1v) is 15.0. The second-order valence-corrected chi connectivity index (χ2v) is 12.2. The summed E-state index contributed by atoms with van der Waals surface area (Å²) in [6, 6.07) is 22.4. The van der Waals surface area contributed by atoms with E-state index < -0.39 is 44.6 Å². The van der Waals surface area contributed by atoms with Crippen LogP contribution in [0.25, 0.3) is 11.1 Å². The van der Waals surface area contributed by atoms with Crippen molar-refractivity contribution in [3.63, 3.8) is 0 Å². The molecule has 0 radical (unpaired) electrons. The van der Waals surface area contributed by atoms with Crippen molar-refractivity contribution in [2.75, 3.05) is 0 Å². The number of carbonyl (C=O) groups excluding carboxylic acids is 3. The first-order valence-electron chi connectivity index (χ1n) is 13.5. The quantitative estimate of drug-likeness (QED) is 0.182. The number of hydrogen-bond donors (Lipinski definition) is 1. The number of benzene rings is 3. The van der Waals surface area contributed by atoms with Crippen LogP contribution in [0.15, 0.2) is 94.2 Å². The lowest BCUT2D eigenvalue weighted by molar-refractivity contribution is -0.143. The lowest BCUT2D eigenvalue weighted by Crippen LogP contribution is -2.53. The number of unbranched alkanes of at least 4 members (excludes halogenated alkanes) is 1. The summed E-state index contributed by atoms with van der Waals surface area (Å²) in [5, 5.41) is -1.49. The fourth-order valence-electron chi connectivity index (χ4n) is 4.80. The van der Waals surface area contributed by atoms with E-state index in [1.54, 1.807) is 66.7 Å². The molecule has 0 saturated carbocycles. The Morgan fingerprint density at radius 2 is 1.54 bits per heavy atom. The van der Waals surface area contributed by atoms with Crippen LogP contribution < -0.4 is 5.73 Å². The Morgan fingerprint density at radius 3 is 2.15 bits per heavy atom. The summed E-state index contributed by atoms with van der Waals surface area (Å²) >= 11 is 0. The minimum absolute atomic E-state index is 0.0359. The van der Waals surface area contributed by atoms with Crippen molar-refractivity contribution in [3.05, 3.63) is 96.4 Å². The molecule has 0 aliphatic carbocycles. The number of nitrogens with zero attached hydrogens (tertiary/aromatic N) is 2. The summed E-state index contributed by atoms with van der Waals surface area (Å²) in [4.78, 5) is 46.6. The highest BCUT2D eigenvalue weighted by Gasteiger charge is 2.44. The molecule has 9 nitrogen and oxygen atoms in total. The van der Waals surface area contributed by atoms with Crippen molar-refractivity contribution in [1.29, 1.82) is 0 Å². The zero-order valence-electron chi connectivity index (χ0n) is 23.0. The second-order valence-electron chi connectivity index (χ2n) is 9.90. The Morgan fingerprint density at radius 1 is 0.927 bits per heavy atom. The van der Waals surface area contributed by atoms with Gasteiger partial charge in [-0.15, -0.1) is 0 Å². The van der Waals surface area contributed by atoms with Crippen LogP contribution in [-0.2, 0) is 26.0 Å². The predicted octanol–water partition coefficient (Wildman–Crippen LogP) is 4.56. The number of rotatable bonds is 13. The van der Waals surface area contributed by atoms with Crippen LogP contribution in [0.1, 0.15) is 49.4 Å². The largest absolute Gasteiger partial charge is 0.434 e. The van der Waals surface area contributed by atoms with E-state index in [0.717, 1.165) is 6.42 Å². The van der Waals surface area contributed by atoms with Gasteiger partial charge in [-0.25, -0.2) is 13.4 Å². The van der Waals surface area contributed by atoms with E-state index in [4.69, 9.17) is 10.2 Å². The van der Waals surface area contributed by atoms with E-state index in [2.05, 4.69) is 4.98 Å². The van der Waals surface area contributed by atoms with Crippen LogP contribution in [0.5, 0.6) is 0 Å². The molecule has 0 fully saturated rings. The van der Waals surface area contributed by atoms with Crippen LogP contribution in [0.3, 0.4) is 0 Å². The van der Waals surface area contributed by atoms with Gasteiger partial charge in [0, 0.05) is 6.54 Å². The van der Waals surface area contributed by atoms with Gasteiger partial charge in [0.1, 0.15) is 17.5 Å². The Kier molecular flexibility index (Phi) is 9.34. The lowest BCUT2D eigenvalue weighted by Gasteiger charge is -2.34. The summed E-state index contributed by atoms with van der Waals surface area (Å²) < 4.78 is 32.7. The number of fused-ring (bicyclic) bond motifs is 1. The molecular formula is C31H33N3O6S. The molecule has 4 aromatic rings. The highest BCUT2D eigenvalue weighted by molar-refractivity contribution is 7.92. The molecule has 2 N–H and O–H groups in total. The number of hydrogen-bond acceptors (Lipinski definition) is 7. The molecule has 214 valence electrons. The maximum absolute atomic E-state index is 14.3. The third kappa shape index (κ3) is 6.54. The third-order valence-electron chi connectivity index (χ3n) is 7.10. The highest BCUT2D eigenvalue weighted by atomic mass is 32.2. The number of primary amides is 1. The fraction of sp³-hybridized carbons (Fsp3) is 0.290. The number of Topliss-reactive ketones (excluding diaryl/α,β-unsaturated/α-hetero) is 1. The third-order valence-corrected chi connectivity index (χ3v) is 9.28. The number of nitrogens with two attached hydrogens (primary N) is 1. The molecule has 0 bridgehead atoms. The number of ketones is 1. The zero-order valence-corrected chi connectivity index (χ0v) is 23.8. The minimum atomic E-state index is -4.13. The van der Waals surface area contributed by atoms with Gasteiger partial charge in [-0.05, 0) is 43.2 Å². The molecule has 41 heavy (non-hydrogen) atoms. The van der Waals surface area contributed by atoms with Crippen LogP contribution in [0, 0.1) is 5.92 Å². The van der Waals surface area contributed by atoms with Crippen LogP contribution in [0.4, 0.5) is 0 Å². The lowest BCUT2D eigenvalue weighted by atomic mass is 9.97. The second kappa shape index (κ2) is 12.9. The molecule has 0 spiro atoms. The predicted molar refractivity (Wildman–Crippen MR) is 154 cm³/mol. The molecule has 3 aromatic carbocycles. The molecule has 2 amide bonds. The molecule has 1 aromatic heterocycles. The summed E-state index contributed by atoms with van der Waals surface area (Å²) in [7, 11) is -4.13. The van der Waals surface area contributed by atoms with Gasteiger partial charge in [0.05, 0.1) is 10.1 Å². The molecule has 4 rings (SSSR count). The standard InChI is InChI=1S/C31H33N3O6S/c1-3-4-18-25(28(35)30-33-24-17-11-12-19-26(24)40-30)34(20-22-13-7-5-8-14-22)31(37)27(29(32)36)21(2)41(38,39)23-15-9-6-10-16-23/h5-17,19,21,25,27H,3-4,18,20H2,1-2H3,(H2,32,36)/t21?,25-,27?/m0/s1. The van der Waals surface area contributed by atoms with Crippen LogP contribution in [-0.4, -0.2) is 47.2 Å². The van der Waals surface area contributed by atoms with Crippen molar-refractivity contribution in [3.8, 4) is 0 Å². The summed E-state index contributed by atoms with van der Waals surface area (Å²) in [5.74, 6) is -4.40. The van der Waals surface area contributed by atoms with Crippen molar-refractivity contribution in [1.82, 2.24) is 9.88 Å². The molecule has 10 heteroatoms. The van der Waals surface area contributed by atoms with E-state index in [-0.39, 0.29) is 23.8 Å². The number of sulfone groups is 1. The van der Waals surface area contributed by atoms with E-state index in [0.29, 0.717) is 23.1 Å². The summed E-state index contributed by atoms with van der Waals surface area (Å²) in [5.41, 5.74) is 7.32. The SMILES string of the molecule is CCCC[C@@H](C(=O)c1nc2ccccc2o1)N(Cc1ccccc1)C(=O)C(C(N)=O)C(C)S(=O)(=O)c1ccccc1. The van der Waals surface area contributed by atoms with Crippen molar-refractivity contribution >= 4 is 38.5 Å². The van der Waals surface area contributed by atoms with Gasteiger partial charge < -0.3 is 15.1 Å². The Hall–Kier alpha value is -4.31. The molecule has 1 heterocycles. The van der Waals surface area contributed by atoms with Crippen LogP contribution >= 0.6 is 0 Å². The fourth-order valence-corrected chi connectivity index (χ4v) is 6.38. The molecular weight excluding hydrogens is 542 g/mol. The molecule has 0 saturated heterocycles. The Balaban J connectivity index is 1.79. The monoisotopic (exact) mass is 575 g/mol. The highest BCUT2D eigenvalue weighted by Crippen LogP contribution is 2.27. The minimum Gasteiger partial charge on any atom is -0.434 e. The van der Waals surface area contributed by atoms with Crippen LogP contribution in [0.2, 0.25) is 0 Å². The first kappa shape index (κ1) is 29.7. The van der Waals surface area contributed by atoms with Gasteiger partial charge in [0.25, 0.3) is 5.89 Å². The van der Waals surface area contributed by atoms with E-state index in [1.165, 1.54) is 24.0 Å². The van der Waals surface area contributed by atoms with E-state index in [9.17, 15) is 22.8 Å². The van der Waals surface area contributed by atoms with Gasteiger partial charge in [-0.3, -0.25) is 14.4 Å². The Labute approximate surface area is 239 Å². The Bertz CT molecular complexity index is 1590. The number of aromatic nitrogens is 1. The van der Waals surface area contributed by atoms with Gasteiger partial charge in [-0.2, -0.15) is 0 Å². The van der Waals surface area contributed by atoms with Gasteiger partial charge in [0.2, 0.25) is 17.6 Å². The van der Waals surface area contributed by atoms with Crippen molar-refractivity contribution < 1.29 is 27.2 Å². The average Bonchev–Trinajstić information content (AvgIpc) is 3.42. The maximum Gasteiger partial charge on any atom is 0.266 e. The van der Waals surface area contributed by atoms with E-state index >= 15 is 0 Å². The van der Waals surface area contributed by atoms with Crippen molar-refractivity contribution in [2.24, 2.45) is 11.7 Å². The molecule has 0 aliphatic rings. The molecule has 3 atom stereocenters. The summed E-state index contributed by atoms with van der Waals surface area (Å²) in [6.07, 6.45) is 1.55. The zero-order chi connectivity index (χ0) is 29.6. The normalized spacial score (nSPS) is 13.8. The number of oxazole rings is 1. The van der Waals surface area contributed by atoms with Gasteiger partial charge >= 0.3 is 0 Å². The van der Waals surface area contributed by atoms with Gasteiger partial charge in [0.15, 0.2) is 15.4 Å². The van der Waals surface area contributed by atoms with Gasteiger partial charge in [-0.1, -0.05) is 80.4 Å².